The fraction of sp³-hybridized carbons (Fsp3) is 0.136. The summed E-state index contributed by atoms with van der Waals surface area (Å²) in [5, 5.41) is 14.1. The number of nitrogens with zero attached hydrogens (tertiary/aromatic N) is 2. The van der Waals surface area contributed by atoms with Gasteiger partial charge in [-0.25, -0.2) is 0 Å². The Labute approximate surface area is 179 Å². The number of para-hydroxylation sites is 1. The van der Waals surface area contributed by atoms with E-state index in [2.05, 4.69) is 5.16 Å². The van der Waals surface area contributed by atoms with Gasteiger partial charge in [0.1, 0.15) is 17.7 Å². The zero-order valence-electron chi connectivity index (χ0n) is 16.5. The van der Waals surface area contributed by atoms with Crippen LogP contribution in [0.3, 0.4) is 0 Å². The van der Waals surface area contributed by atoms with Crippen molar-refractivity contribution in [2.45, 2.75) is 12.2 Å². The van der Waals surface area contributed by atoms with Crippen LogP contribution < -0.4 is 9.64 Å². The van der Waals surface area contributed by atoms with Gasteiger partial charge in [-0.1, -0.05) is 35.5 Å². The summed E-state index contributed by atoms with van der Waals surface area (Å²) in [4.78, 5) is 26.0. The minimum Gasteiger partial charge on any atom is -0.503 e. The molecule has 1 unspecified atom stereocenters. The van der Waals surface area contributed by atoms with E-state index in [0.717, 1.165) is 4.90 Å². The summed E-state index contributed by atoms with van der Waals surface area (Å²) in [6.07, 6.45) is -3.92. The predicted octanol–water partition coefficient (Wildman–Crippen LogP) is 4.38. The molecule has 4 rings (SSSR count). The number of aliphatic hydroxyl groups excluding tert-OH is 1. The Kier molecular flexibility index (Phi) is 5.21. The number of amides is 1. The minimum absolute atomic E-state index is 0.112. The number of Topliss-reactive ketones (excluding diaryl/α,β-unsaturated/α-hetero) is 1. The van der Waals surface area contributed by atoms with E-state index in [-0.39, 0.29) is 17.0 Å². The maximum absolute atomic E-state index is 13.3. The van der Waals surface area contributed by atoms with Crippen molar-refractivity contribution in [3.63, 3.8) is 0 Å². The molecular weight excluding hydrogens is 429 g/mol. The highest BCUT2D eigenvalue weighted by molar-refractivity contribution is 6.17. The third-order valence-corrected chi connectivity index (χ3v) is 5.02. The van der Waals surface area contributed by atoms with E-state index in [1.807, 2.05) is 0 Å². The number of halogens is 3. The van der Waals surface area contributed by atoms with Crippen LogP contribution in [0.1, 0.15) is 11.6 Å². The Morgan fingerprint density at radius 1 is 1.12 bits per heavy atom. The molecule has 1 aliphatic rings. The molecule has 1 N–H and O–H groups in total. The highest BCUT2D eigenvalue weighted by Crippen LogP contribution is 2.45. The number of hydrogen-bond acceptors (Lipinski definition) is 6. The molecule has 3 aromatic rings. The molecule has 10 heteroatoms. The molecule has 0 fully saturated rings. The van der Waals surface area contributed by atoms with E-state index in [1.54, 1.807) is 24.3 Å². The van der Waals surface area contributed by atoms with Crippen LogP contribution in [0, 0.1) is 0 Å². The first-order valence-electron chi connectivity index (χ1n) is 9.26. The molecule has 0 spiro atoms. The average Bonchev–Trinajstić information content (AvgIpc) is 3.40. The third kappa shape index (κ3) is 3.49. The van der Waals surface area contributed by atoms with Crippen molar-refractivity contribution in [2.75, 3.05) is 12.0 Å². The molecule has 2 heterocycles. The number of aliphatic hydroxyl groups is 1. The molecule has 1 atom stereocenters. The summed E-state index contributed by atoms with van der Waals surface area (Å²) in [5.74, 6) is -4.55. The average molecular weight is 444 g/mol. The number of benzene rings is 2. The van der Waals surface area contributed by atoms with Crippen molar-refractivity contribution < 1.29 is 37.1 Å². The van der Waals surface area contributed by atoms with E-state index in [1.165, 1.54) is 43.7 Å². The summed E-state index contributed by atoms with van der Waals surface area (Å²) in [7, 11) is 1.31. The Bertz CT molecular complexity index is 1200. The van der Waals surface area contributed by atoms with E-state index in [9.17, 15) is 27.9 Å². The number of anilines is 1. The van der Waals surface area contributed by atoms with E-state index in [0.29, 0.717) is 11.3 Å². The number of aromatic nitrogens is 1. The standard InChI is InChI=1S/C22H15F3N2O5/c1-31-16-5-3-2-4-14(16)18-17(20(29)22(23,24)25)19(28)21(30)27(18)13-8-6-12(7-9-13)15-10-11-32-26-15/h2-11,18,28H,1H3. The Morgan fingerprint density at radius 2 is 1.81 bits per heavy atom. The summed E-state index contributed by atoms with van der Waals surface area (Å²) in [5.41, 5.74) is 0.356. The van der Waals surface area contributed by atoms with Gasteiger partial charge in [-0.2, -0.15) is 13.2 Å². The minimum atomic E-state index is -5.29. The van der Waals surface area contributed by atoms with Crippen LogP contribution >= 0.6 is 0 Å². The maximum atomic E-state index is 13.3. The number of ether oxygens (including phenoxy) is 1. The first-order chi connectivity index (χ1) is 15.2. The van der Waals surface area contributed by atoms with Crippen molar-refractivity contribution in [3.05, 3.63) is 77.8 Å². The van der Waals surface area contributed by atoms with Crippen molar-refractivity contribution in [1.82, 2.24) is 5.16 Å². The smallest absolute Gasteiger partial charge is 0.454 e. The zero-order valence-corrected chi connectivity index (χ0v) is 16.5. The maximum Gasteiger partial charge on any atom is 0.454 e. The van der Waals surface area contributed by atoms with Crippen LogP contribution in [0.25, 0.3) is 11.3 Å². The second kappa shape index (κ2) is 7.88. The fourth-order valence-corrected chi connectivity index (χ4v) is 3.60. The summed E-state index contributed by atoms with van der Waals surface area (Å²) >= 11 is 0. The lowest BCUT2D eigenvalue weighted by molar-refractivity contribution is -0.167. The topological polar surface area (TPSA) is 92.9 Å². The lowest BCUT2D eigenvalue weighted by Gasteiger charge is -2.28. The lowest BCUT2D eigenvalue weighted by atomic mass is 9.94. The van der Waals surface area contributed by atoms with Crippen LogP contribution in [-0.4, -0.2) is 35.2 Å². The molecule has 1 aliphatic heterocycles. The molecule has 0 aliphatic carbocycles. The van der Waals surface area contributed by atoms with E-state index >= 15 is 0 Å². The van der Waals surface area contributed by atoms with Crippen molar-refractivity contribution >= 4 is 17.4 Å². The van der Waals surface area contributed by atoms with E-state index in [4.69, 9.17) is 9.26 Å². The SMILES string of the molecule is COc1ccccc1C1C(C(=O)C(F)(F)F)=C(O)C(=O)N1c1ccc(-c2ccon2)cc1. The molecule has 1 aromatic heterocycles. The molecular formula is C22H15F3N2O5. The highest BCUT2D eigenvalue weighted by Gasteiger charge is 2.52. The van der Waals surface area contributed by atoms with Gasteiger partial charge in [0.15, 0.2) is 5.76 Å². The molecule has 0 bridgehead atoms. The first-order valence-corrected chi connectivity index (χ1v) is 9.26. The number of methoxy groups -OCH3 is 1. The lowest BCUT2D eigenvalue weighted by Crippen LogP contribution is -2.33. The molecule has 1 amide bonds. The van der Waals surface area contributed by atoms with Crippen LogP contribution in [0.15, 0.2) is 76.7 Å². The van der Waals surface area contributed by atoms with Gasteiger partial charge in [0.05, 0.1) is 18.7 Å². The van der Waals surface area contributed by atoms with Gasteiger partial charge in [0.2, 0.25) is 0 Å². The Balaban J connectivity index is 1.86. The van der Waals surface area contributed by atoms with Crippen LogP contribution in [0.2, 0.25) is 0 Å². The van der Waals surface area contributed by atoms with Gasteiger partial charge >= 0.3 is 6.18 Å². The quantitative estimate of drug-likeness (QED) is 0.628. The van der Waals surface area contributed by atoms with Gasteiger partial charge in [-0.3, -0.25) is 14.5 Å². The Morgan fingerprint density at radius 3 is 2.41 bits per heavy atom. The monoisotopic (exact) mass is 444 g/mol. The molecule has 0 saturated heterocycles. The molecule has 0 radical (unpaired) electrons. The molecule has 2 aromatic carbocycles. The molecule has 0 saturated carbocycles. The zero-order chi connectivity index (χ0) is 23.0. The molecule has 32 heavy (non-hydrogen) atoms. The van der Waals surface area contributed by atoms with Gasteiger partial charge in [-0.05, 0) is 18.2 Å². The van der Waals surface area contributed by atoms with Crippen molar-refractivity contribution in [1.29, 1.82) is 0 Å². The predicted molar refractivity (Wildman–Crippen MR) is 106 cm³/mol. The molecule has 7 nitrogen and oxygen atoms in total. The number of rotatable bonds is 5. The normalized spacial score (nSPS) is 16.6. The second-order valence-corrected chi connectivity index (χ2v) is 6.84. The van der Waals surface area contributed by atoms with Gasteiger partial charge in [-0.15, -0.1) is 0 Å². The van der Waals surface area contributed by atoms with Gasteiger partial charge in [0, 0.05) is 22.9 Å². The van der Waals surface area contributed by atoms with Gasteiger partial charge in [0.25, 0.3) is 11.7 Å². The Hall–Kier alpha value is -4.08. The summed E-state index contributed by atoms with van der Waals surface area (Å²) in [6, 6.07) is 12.2. The number of carbonyl (C=O) groups is 2. The number of alkyl halides is 3. The van der Waals surface area contributed by atoms with E-state index < -0.39 is 35.2 Å². The largest absolute Gasteiger partial charge is 0.503 e. The van der Waals surface area contributed by atoms with Crippen molar-refractivity contribution in [3.8, 4) is 17.0 Å². The van der Waals surface area contributed by atoms with Crippen LogP contribution in [0.5, 0.6) is 5.75 Å². The third-order valence-electron chi connectivity index (χ3n) is 5.02. The number of hydrogen-bond donors (Lipinski definition) is 1. The number of carbonyl (C=O) groups excluding carboxylic acids is 2. The summed E-state index contributed by atoms with van der Waals surface area (Å²) < 4.78 is 50.1. The highest BCUT2D eigenvalue weighted by atomic mass is 19.4. The van der Waals surface area contributed by atoms with Crippen molar-refractivity contribution in [2.24, 2.45) is 0 Å². The molecule has 164 valence electrons. The first kappa shape index (κ1) is 21.2. The summed E-state index contributed by atoms with van der Waals surface area (Å²) in [6.45, 7) is 0. The second-order valence-electron chi connectivity index (χ2n) is 6.84. The number of ketones is 1. The van der Waals surface area contributed by atoms with Gasteiger partial charge < -0.3 is 14.4 Å². The van der Waals surface area contributed by atoms with Crippen LogP contribution in [-0.2, 0) is 9.59 Å². The van der Waals surface area contributed by atoms with Crippen LogP contribution in [0.4, 0.5) is 18.9 Å². The fourth-order valence-electron chi connectivity index (χ4n) is 3.60.